The summed E-state index contributed by atoms with van der Waals surface area (Å²) in [6.07, 6.45) is 2.06. The average Bonchev–Trinajstić information content (AvgIpc) is 2.87. The van der Waals surface area contributed by atoms with E-state index in [0.29, 0.717) is 6.04 Å². The number of nitrogens with two attached hydrogens (primary N) is 1. The summed E-state index contributed by atoms with van der Waals surface area (Å²) in [5.41, 5.74) is 8.38. The number of hydrogen-bond donors (Lipinski definition) is 1. The predicted octanol–water partition coefficient (Wildman–Crippen LogP) is 1.81. The molecule has 1 aromatic carbocycles. The predicted molar refractivity (Wildman–Crippen MR) is 68.5 cm³/mol. The highest BCUT2D eigenvalue weighted by atomic mass is 35.5. The summed E-state index contributed by atoms with van der Waals surface area (Å²) in [4.78, 5) is 2.37. The van der Waals surface area contributed by atoms with Crippen LogP contribution in [0.15, 0.2) is 12.1 Å². The highest BCUT2D eigenvalue weighted by molar-refractivity contribution is 6.30. The largest absolute Gasteiger partial charge is 0.493 e. The number of benzene rings is 1. The van der Waals surface area contributed by atoms with E-state index in [1.165, 1.54) is 11.1 Å². The molecule has 0 aromatic heterocycles. The maximum atomic E-state index is 6.14. The van der Waals surface area contributed by atoms with Gasteiger partial charge in [0.05, 0.1) is 6.61 Å². The van der Waals surface area contributed by atoms with E-state index in [-0.39, 0.29) is 0 Å². The number of nitrogens with zero attached hydrogens (tertiary/aromatic N) is 1. The van der Waals surface area contributed by atoms with Crippen molar-refractivity contribution in [3.05, 3.63) is 28.3 Å². The van der Waals surface area contributed by atoms with Crippen molar-refractivity contribution in [3.8, 4) is 5.75 Å². The molecule has 0 aliphatic carbocycles. The van der Waals surface area contributed by atoms with Crippen molar-refractivity contribution < 1.29 is 4.74 Å². The number of halogens is 1. The summed E-state index contributed by atoms with van der Waals surface area (Å²) in [7, 11) is 0. The van der Waals surface area contributed by atoms with Crippen molar-refractivity contribution in [2.75, 3.05) is 19.7 Å². The number of rotatable bonds is 2. The minimum absolute atomic E-state index is 0.322. The van der Waals surface area contributed by atoms with E-state index in [4.69, 9.17) is 22.1 Å². The summed E-state index contributed by atoms with van der Waals surface area (Å²) in [5.74, 6) is 1.05. The molecule has 2 heterocycles. The number of hydrogen-bond acceptors (Lipinski definition) is 3. The first-order valence-corrected chi connectivity index (χ1v) is 6.52. The fourth-order valence-electron chi connectivity index (χ4n) is 2.71. The van der Waals surface area contributed by atoms with Crippen LogP contribution in [0, 0.1) is 0 Å². The van der Waals surface area contributed by atoms with E-state index in [2.05, 4.69) is 4.90 Å². The Balaban J connectivity index is 1.83. The van der Waals surface area contributed by atoms with Gasteiger partial charge in [0, 0.05) is 42.7 Å². The van der Waals surface area contributed by atoms with Crippen molar-refractivity contribution in [3.63, 3.8) is 0 Å². The van der Waals surface area contributed by atoms with E-state index in [1.54, 1.807) is 0 Å². The van der Waals surface area contributed by atoms with Gasteiger partial charge in [0.1, 0.15) is 5.75 Å². The zero-order valence-electron chi connectivity index (χ0n) is 9.79. The Morgan fingerprint density at radius 2 is 2.35 bits per heavy atom. The lowest BCUT2D eigenvalue weighted by Gasteiger charge is -2.17. The molecule has 92 valence electrons. The van der Waals surface area contributed by atoms with Crippen LogP contribution in [-0.2, 0) is 13.0 Å². The zero-order chi connectivity index (χ0) is 11.8. The van der Waals surface area contributed by atoms with Gasteiger partial charge in [0.15, 0.2) is 0 Å². The summed E-state index contributed by atoms with van der Waals surface area (Å²) >= 11 is 6.14. The zero-order valence-corrected chi connectivity index (χ0v) is 10.5. The van der Waals surface area contributed by atoms with Crippen molar-refractivity contribution in [1.29, 1.82) is 0 Å². The van der Waals surface area contributed by atoms with Gasteiger partial charge in [-0.3, -0.25) is 4.90 Å². The molecule has 0 amide bonds. The normalized spacial score (nSPS) is 23.8. The van der Waals surface area contributed by atoms with Gasteiger partial charge in [0.25, 0.3) is 0 Å². The van der Waals surface area contributed by atoms with Gasteiger partial charge in [0.2, 0.25) is 0 Å². The first kappa shape index (κ1) is 11.3. The van der Waals surface area contributed by atoms with Gasteiger partial charge in [-0.15, -0.1) is 0 Å². The molecule has 0 bridgehead atoms. The van der Waals surface area contributed by atoms with E-state index >= 15 is 0 Å². The monoisotopic (exact) mass is 252 g/mol. The summed E-state index contributed by atoms with van der Waals surface area (Å²) < 4.78 is 5.71. The lowest BCUT2D eigenvalue weighted by atomic mass is 10.1. The summed E-state index contributed by atoms with van der Waals surface area (Å²) in [6.45, 7) is 3.72. The van der Waals surface area contributed by atoms with Crippen molar-refractivity contribution in [2.45, 2.75) is 25.4 Å². The van der Waals surface area contributed by atoms with Crippen LogP contribution in [0.2, 0.25) is 5.02 Å². The first-order valence-electron chi connectivity index (χ1n) is 6.14. The van der Waals surface area contributed by atoms with Gasteiger partial charge in [-0.2, -0.15) is 0 Å². The third-order valence-electron chi connectivity index (χ3n) is 3.53. The quantitative estimate of drug-likeness (QED) is 0.873. The second-order valence-electron chi connectivity index (χ2n) is 4.94. The third kappa shape index (κ3) is 2.28. The van der Waals surface area contributed by atoms with Gasteiger partial charge in [-0.1, -0.05) is 11.6 Å². The van der Waals surface area contributed by atoms with E-state index in [1.807, 2.05) is 12.1 Å². The Bertz CT molecular complexity index is 436. The van der Waals surface area contributed by atoms with E-state index < -0.39 is 0 Å². The lowest BCUT2D eigenvalue weighted by Crippen LogP contribution is -2.26. The van der Waals surface area contributed by atoms with Crippen LogP contribution < -0.4 is 10.5 Å². The van der Waals surface area contributed by atoms with Crippen LogP contribution in [0.1, 0.15) is 17.5 Å². The molecular formula is C13H17ClN2O. The fraction of sp³-hybridized carbons (Fsp3) is 0.538. The van der Waals surface area contributed by atoms with Crippen molar-refractivity contribution >= 4 is 11.6 Å². The van der Waals surface area contributed by atoms with Gasteiger partial charge in [-0.05, 0) is 24.1 Å². The van der Waals surface area contributed by atoms with Crippen LogP contribution in [0.3, 0.4) is 0 Å². The van der Waals surface area contributed by atoms with Crippen molar-refractivity contribution in [1.82, 2.24) is 4.90 Å². The topological polar surface area (TPSA) is 38.5 Å². The van der Waals surface area contributed by atoms with E-state index in [9.17, 15) is 0 Å². The number of fused-ring (bicyclic) bond motifs is 1. The molecule has 0 radical (unpaired) electrons. The summed E-state index contributed by atoms with van der Waals surface area (Å²) in [5, 5.41) is 0.813. The standard InChI is InChI=1S/C13H17ClN2O/c14-11-5-9-2-4-17-13(9)10(6-11)7-16-3-1-12(15)8-16/h5-6,12H,1-4,7-8,15H2/t12-/m1/s1. The van der Waals surface area contributed by atoms with Crippen LogP contribution in [0.5, 0.6) is 5.75 Å². The molecular weight excluding hydrogens is 236 g/mol. The molecule has 1 fully saturated rings. The average molecular weight is 253 g/mol. The van der Waals surface area contributed by atoms with Gasteiger partial charge >= 0.3 is 0 Å². The highest BCUT2D eigenvalue weighted by Gasteiger charge is 2.23. The lowest BCUT2D eigenvalue weighted by molar-refractivity contribution is 0.310. The molecule has 4 heteroatoms. The van der Waals surface area contributed by atoms with Crippen LogP contribution in [0.4, 0.5) is 0 Å². The minimum Gasteiger partial charge on any atom is -0.493 e. The molecule has 2 aliphatic heterocycles. The smallest absolute Gasteiger partial charge is 0.127 e. The second-order valence-corrected chi connectivity index (χ2v) is 5.37. The minimum atomic E-state index is 0.322. The van der Waals surface area contributed by atoms with Crippen LogP contribution >= 0.6 is 11.6 Å². The maximum Gasteiger partial charge on any atom is 0.127 e. The van der Waals surface area contributed by atoms with Crippen LogP contribution in [-0.4, -0.2) is 30.6 Å². The van der Waals surface area contributed by atoms with Crippen molar-refractivity contribution in [2.24, 2.45) is 5.73 Å². The van der Waals surface area contributed by atoms with E-state index in [0.717, 1.165) is 49.9 Å². The fourth-order valence-corrected chi connectivity index (χ4v) is 2.97. The molecule has 1 saturated heterocycles. The Morgan fingerprint density at radius 3 is 3.12 bits per heavy atom. The second kappa shape index (κ2) is 4.48. The van der Waals surface area contributed by atoms with Gasteiger partial charge in [-0.25, -0.2) is 0 Å². The molecule has 1 atom stereocenters. The molecule has 17 heavy (non-hydrogen) atoms. The molecule has 3 nitrogen and oxygen atoms in total. The molecule has 3 rings (SSSR count). The third-order valence-corrected chi connectivity index (χ3v) is 3.75. The summed E-state index contributed by atoms with van der Waals surface area (Å²) in [6, 6.07) is 4.36. The first-order chi connectivity index (χ1) is 8.22. The Hall–Kier alpha value is -0.770. The Labute approximate surface area is 106 Å². The molecule has 2 N–H and O–H groups in total. The molecule has 1 aromatic rings. The molecule has 0 spiro atoms. The number of likely N-dealkylation sites (tertiary alicyclic amines) is 1. The molecule has 2 aliphatic rings. The molecule has 0 unspecified atom stereocenters. The SMILES string of the molecule is N[C@@H]1CCN(Cc2cc(Cl)cc3c2OCC3)C1. The Morgan fingerprint density at radius 1 is 1.47 bits per heavy atom. The number of ether oxygens (including phenoxy) is 1. The Kier molecular flexibility index (Phi) is 2.99. The highest BCUT2D eigenvalue weighted by Crippen LogP contribution is 2.33. The van der Waals surface area contributed by atoms with Gasteiger partial charge < -0.3 is 10.5 Å². The van der Waals surface area contributed by atoms with Crippen LogP contribution in [0.25, 0.3) is 0 Å². The molecule has 0 saturated carbocycles. The maximum absolute atomic E-state index is 6.14.